The fourth-order valence-corrected chi connectivity index (χ4v) is 6.21. The van der Waals surface area contributed by atoms with Gasteiger partial charge < -0.3 is 25.0 Å². The van der Waals surface area contributed by atoms with Gasteiger partial charge in [0.1, 0.15) is 12.0 Å². The zero-order valence-electron chi connectivity index (χ0n) is 21.0. The number of anilines is 2. The van der Waals surface area contributed by atoms with Gasteiger partial charge in [-0.2, -0.15) is 14.9 Å². The van der Waals surface area contributed by atoms with E-state index >= 15 is 0 Å². The van der Waals surface area contributed by atoms with Gasteiger partial charge >= 0.3 is 0 Å². The van der Waals surface area contributed by atoms with E-state index < -0.39 is 6.23 Å². The van der Waals surface area contributed by atoms with Crippen LogP contribution in [0.2, 0.25) is 0 Å². The summed E-state index contributed by atoms with van der Waals surface area (Å²) in [7, 11) is 0. The average molecular weight is 501 g/mol. The monoisotopic (exact) mass is 500 g/mol. The lowest BCUT2D eigenvalue weighted by atomic mass is 9.86. The second kappa shape index (κ2) is 8.83. The number of aromatic amines is 1. The van der Waals surface area contributed by atoms with Crippen LogP contribution in [0.25, 0.3) is 28.0 Å². The molecule has 3 fully saturated rings. The van der Waals surface area contributed by atoms with Gasteiger partial charge in [0.2, 0.25) is 0 Å². The molecule has 192 valence electrons. The number of aliphatic hydroxyl groups is 1. The first kappa shape index (κ1) is 22.7. The third-order valence-electron chi connectivity index (χ3n) is 8.23. The van der Waals surface area contributed by atoms with Gasteiger partial charge in [0.15, 0.2) is 11.5 Å². The number of hydrogen-bond donors (Lipinski definition) is 3. The summed E-state index contributed by atoms with van der Waals surface area (Å²) in [5.41, 5.74) is 4.19. The number of rotatable bonds is 4. The predicted molar refractivity (Wildman–Crippen MR) is 142 cm³/mol. The van der Waals surface area contributed by atoms with Crippen LogP contribution in [0.4, 0.5) is 11.5 Å². The molecular weight excluding hydrogens is 468 g/mol. The summed E-state index contributed by atoms with van der Waals surface area (Å²) in [6.07, 6.45) is 5.09. The number of ether oxygens (including phenoxy) is 1. The lowest BCUT2D eigenvalue weighted by molar-refractivity contribution is 0.0985. The molecule has 37 heavy (non-hydrogen) atoms. The Morgan fingerprint density at radius 3 is 2.81 bits per heavy atom. The molecule has 0 bridgehead atoms. The second-order valence-electron chi connectivity index (χ2n) is 10.7. The third-order valence-corrected chi connectivity index (χ3v) is 8.23. The van der Waals surface area contributed by atoms with Crippen LogP contribution in [0.1, 0.15) is 19.8 Å². The van der Waals surface area contributed by atoms with Gasteiger partial charge in [-0.1, -0.05) is 12.1 Å². The van der Waals surface area contributed by atoms with E-state index in [1.807, 2.05) is 16.9 Å². The number of fused-ring (bicyclic) bond motifs is 1. The van der Waals surface area contributed by atoms with Gasteiger partial charge in [0, 0.05) is 48.6 Å². The fourth-order valence-electron chi connectivity index (χ4n) is 6.21. The molecular formula is C27H32N8O2. The number of pyridine rings is 1. The van der Waals surface area contributed by atoms with Crippen LogP contribution in [0.15, 0.2) is 48.8 Å². The summed E-state index contributed by atoms with van der Waals surface area (Å²) in [6, 6.07) is 12.8. The lowest BCUT2D eigenvalue weighted by Gasteiger charge is -2.34. The van der Waals surface area contributed by atoms with Crippen molar-refractivity contribution in [2.24, 2.45) is 5.41 Å². The lowest BCUT2D eigenvalue weighted by Crippen LogP contribution is -2.44. The summed E-state index contributed by atoms with van der Waals surface area (Å²) in [5.74, 6) is 1.68. The van der Waals surface area contributed by atoms with E-state index in [1.54, 1.807) is 6.20 Å². The van der Waals surface area contributed by atoms with Gasteiger partial charge in [-0.25, -0.2) is 4.98 Å². The Labute approximate surface area is 215 Å². The number of benzene rings is 1. The van der Waals surface area contributed by atoms with E-state index in [-0.39, 0.29) is 11.5 Å². The van der Waals surface area contributed by atoms with Crippen LogP contribution in [-0.2, 0) is 4.74 Å². The largest absolute Gasteiger partial charge is 0.377 e. The molecule has 6 heterocycles. The van der Waals surface area contributed by atoms with Gasteiger partial charge in [0.25, 0.3) is 0 Å². The average Bonchev–Trinajstić information content (AvgIpc) is 3.72. The summed E-state index contributed by atoms with van der Waals surface area (Å²) < 4.78 is 7.49. The third kappa shape index (κ3) is 3.87. The van der Waals surface area contributed by atoms with Crippen molar-refractivity contribution in [1.82, 2.24) is 30.3 Å². The van der Waals surface area contributed by atoms with Gasteiger partial charge in [0.05, 0.1) is 31.6 Å². The van der Waals surface area contributed by atoms with Crippen molar-refractivity contribution in [3.8, 4) is 16.9 Å². The van der Waals surface area contributed by atoms with Crippen LogP contribution in [0.3, 0.4) is 0 Å². The van der Waals surface area contributed by atoms with Crippen molar-refractivity contribution >= 4 is 22.5 Å². The summed E-state index contributed by atoms with van der Waals surface area (Å²) in [4.78, 5) is 9.51. The molecule has 3 saturated heterocycles. The Bertz CT molecular complexity index is 1390. The van der Waals surface area contributed by atoms with Crippen molar-refractivity contribution in [2.45, 2.75) is 32.0 Å². The maximum absolute atomic E-state index is 10.8. The summed E-state index contributed by atoms with van der Waals surface area (Å²) in [6.45, 7) is 7.22. The Kier molecular flexibility index (Phi) is 5.42. The molecule has 2 unspecified atom stereocenters. The van der Waals surface area contributed by atoms with Crippen molar-refractivity contribution < 1.29 is 9.84 Å². The molecule has 0 radical (unpaired) electrons. The van der Waals surface area contributed by atoms with Crippen molar-refractivity contribution in [1.29, 1.82) is 0 Å². The van der Waals surface area contributed by atoms with Gasteiger partial charge in [-0.05, 0) is 49.2 Å². The molecule has 3 aromatic heterocycles. The molecule has 1 aromatic carbocycles. The number of nitrogens with one attached hydrogen (secondary N) is 2. The Morgan fingerprint density at radius 2 is 2.05 bits per heavy atom. The van der Waals surface area contributed by atoms with E-state index in [0.717, 1.165) is 78.5 Å². The van der Waals surface area contributed by atoms with Crippen LogP contribution >= 0.6 is 0 Å². The zero-order valence-corrected chi connectivity index (χ0v) is 21.0. The highest BCUT2D eigenvalue weighted by atomic mass is 16.5. The molecule has 1 spiro atoms. The SMILES string of the molecule is C[C@@H]1COCCN1c1cc(-c2ccc(N3CC4(CCNC4)CC3O)cc2)c2cnn(-c3ccn[nH]3)c2n1. The minimum Gasteiger partial charge on any atom is -0.377 e. The van der Waals surface area contributed by atoms with Crippen molar-refractivity contribution in [3.63, 3.8) is 0 Å². The summed E-state index contributed by atoms with van der Waals surface area (Å²) in [5, 5.41) is 27.1. The summed E-state index contributed by atoms with van der Waals surface area (Å²) >= 11 is 0. The minimum absolute atomic E-state index is 0.181. The molecule has 3 atom stereocenters. The molecule has 3 aliphatic heterocycles. The molecule has 0 saturated carbocycles. The molecule has 0 aliphatic carbocycles. The standard InChI is InChI=1S/C27H32N8O2/c1-18-15-37-11-10-33(18)24-12-21(22-14-30-35(26(22)31-24)23-6-8-29-32-23)19-2-4-20(5-3-19)34-17-27(13-25(34)36)7-9-28-16-27/h2-6,8,12,14,18,25,28,36H,7,9-11,13,15-17H2,1H3,(H,29,32)/t18-,25?,27?/m1/s1. The van der Waals surface area contributed by atoms with Crippen LogP contribution < -0.4 is 15.1 Å². The van der Waals surface area contributed by atoms with Crippen LogP contribution in [-0.4, -0.2) is 81.7 Å². The van der Waals surface area contributed by atoms with Crippen LogP contribution in [0, 0.1) is 5.41 Å². The zero-order chi connectivity index (χ0) is 25.0. The maximum atomic E-state index is 10.8. The normalized spacial score (nSPS) is 26.1. The Hall–Kier alpha value is -3.47. The van der Waals surface area contributed by atoms with E-state index in [9.17, 15) is 5.11 Å². The molecule has 10 nitrogen and oxygen atoms in total. The second-order valence-corrected chi connectivity index (χ2v) is 10.7. The number of nitrogens with zero attached hydrogens (tertiary/aromatic N) is 6. The smallest absolute Gasteiger partial charge is 0.167 e. The number of aromatic nitrogens is 5. The molecule has 3 N–H and O–H groups in total. The van der Waals surface area contributed by atoms with Crippen LogP contribution in [0.5, 0.6) is 0 Å². The number of H-pyrrole nitrogens is 1. The predicted octanol–water partition coefficient (Wildman–Crippen LogP) is 2.54. The topological polar surface area (TPSA) is 107 Å². The molecule has 4 aromatic rings. The van der Waals surface area contributed by atoms with Crippen molar-refractivity contribution in [3.05, 3.63) is 48.8 Å². The molecule has 7 rings (SSSR count). The fraction of sp³-hybridized carbons (Fsp3) is 0.444. The van der Waals surface area contributed by atoms with E-state index in [2.05, 4.69) is 67.7 Å². The number of hydrogen-bond acceptors (Lipinski definition) is 8. The maximum Gasteiger partial charge on any atom is 0.167 e. The molecule has 10 heteroatoms. The van der Waals surface area contributed by atoms with E-state index in [4.69, 9.17) is 9.72 Å². The molecule has 0 amide bonds. The highest BCUT2D eigenvalue weighted by molar-refractivity contribution is 5.95. The quantitative estimate of drug-likeness (QED) is 0.393. The first-order valence-electron chi connectivity index (χ1n) is 13.1. The van der Waals surface area contributed by atoms with E-state index in [0.29, 0.717) is 13.2 Å². The number of aliphatic hydroxyl groups excluding tert-OH is 1. The Balaban J connectivity index is 1.28. The highest BCUT2D eigenvalue weighted by Crippen LogP contribution is 2.42. The molecule has 3 aliphatic rings. The first-order chi connectivity index (χ1) is 18.1. The highest BCUT2D eigenvalue weighted by Gasteiger charge is 2.45. The van der Waals surface area contributed by atoms with E-state index in [1.165, 1.54) is 0 Å². The van der Waals surface area contributed by atoms with Crippen molar-refractivity contribution in [2.75, 3.05) is 49.2 Å². The number of morpholine rings is 1. The Morgan fingerprint density at radius 1 is 1.16 bits per heavy atom. The minimum atomic E-state index is -0.444. The van der Waals surface area contributed by atoms with Gasteiger partial charge in [-0.3, -0.25) is 5.10 Å². The van der Waals surface area contributed by atoms with Gasteiger partial charge in [-0.15, -0.1) is 0 Å². The first-order valence-corrected chi connectivity index (χ1v) is 13.1.